The fourth-order valence-corrected chi connectivity index (χ4v) is 2.31. The van der Waals surface area contributed by atoms with Crippen molar-refractivity contribution in [3.05, 3.63) is 54.3 Å². The number of urea groups is 1. The first-order valence-electron chi connectivity index (χ1n) is 8.33. The molecule has 0 saturated carbocycles. The molecule has 0 aliphatic heterocycles. The maximum absolute atomic E-state index is 13.8. The summed E-state index contributed by atoms with van der Waals surface area (Å²) < 4.78 is 19.0. The molecule has 0 aliphatic rings. The van der Waals surface area contributed by atoms with Gasteiger partial charge < -0.3 is 15.2 Å². The Balaban J connectivity index is 1.79. The first-order valence-corrected chi connectivity index (χ1v) is 8.33. The number of nitrogens with zero attached hydrogens (tertiary/aromatic N) is 2. The molecule has 2 amide bonds. The Kier molecular flexibility index (Phi) is 5.26. The van der Waals surface area contributed by atoms with E-state index in [1.54, 1.807) is 42.5 Å². The van der Waals surface area contributed by atoms with E-state index in [0.717, 1.165) is 6.42 Å². The van der Waals surface area contributed by atoms with Crippen LogP contribution in [0, 0.1) is 5.82 Å². The summed E-state index contributed by atoms with van der Waals surface area (Å²) in [7, 11) is 0. The average molecular weight is 354 g/mol. The third kappa shape index (κ3) is 4.05. The zero-order valence-corrected chi connectivity index (χ0v) is 14.5. The molecule has 0 saturated heterocycles. The van der Waals surface area contributed by atoms with Crippen LogP contribution in [0.25, 0.3) is 22.8 Å². The lowest BCUT2D eigenvalue weighted by atomic mass is 10.2. The number of carbonyl (C=O) groups is 1. The van der Waals surface area contributed by atoms with Gasteiger partial charge in [0.05, 0.1) is 5.56 Å². The van der Waals surface area contributed by atoms with Crippen LogP contribution in [0.15, 0.2) is 53.1 Å². The molecule has 0 bridgehead atoms. The molecule has 0 fully saturated rings. The molecule has 1 atom stereocenters. The van der Waals surface area contributed by atoms with E-state index in [2.05, 4.69) is 20.8 Å². The fraction of sp³-hybridized carbons (Fsp3) is 0.211. The molecular formula is C19H19FN4O2. The number of benzene rings is 2. The van der Waals surface area contributed by atoms with Gasteiger partial charge in [0.15, 0.2) is 0 Å². The van der Waals surface area contributed by atoms with Crippen molar-refractivity contribution in [2.45, 2.75) is 26.3 Å². The summed E-state index contributed by atoms with van der Waals surface area (Å²) in [5, 5.41) is 9.50. The first-order chi connectivity index (χ1) is 12.6. The van der Waals surface area contributed by atoms with Crippen LogP contribution in [0.4, 0.5) is 14.9 Å². The summed E-state index contributed by atoms with van der Waals surface area (Å²) in [5.41, 5.74) is 1.49. The summed E-state index contributed by atoms with van der Waals surface area (Å²) in [6.07, 6.45) is 0.842. The van der Waals surface area contributed by atoms with E-state index in [1.165, 1.54) is 6.07 Å². The Morgan fingerprint density at radius 2 is 2.04 bits per heavy atom. The lowest BCUT2D eigenvalue weighted by molar-refractivity contribution is 0.249. The molecule has 2 N–H and O–H groups in total. The van der Waals surface area contributed by atoms with Crippen molar-refractivity contribution in [3.63, 3.8) is 0 Å². The van der Waals surface area contributed by atoms with Crippen LogP contribution < -0.4 is 10.6 Å². The largest absolute Gasteiger partial charge is 0.335 e. The van der Waals surface area contributed by atoms with Crippen LogP contribution in [-0.4, -0.2) is 22.2 Å². The molecule has 1 unspecified atom stereocenters. The van der Waals surface area contributed by atoms with E-state index in [0.29, 0.717) is 17.1 Å². The van der Waals surface area contributed by atoms with Crippen LogP contribution in [0.2, 0.25) is 0 Å². The van der Waals surface area contributed by atoms with Crippen molar-refractivity contribution in [1.29, 1.82) is 0 Å². The number of hydrogen-bond acceptors (Lipinski definition) is 4. The van der Waals surface area contributed by atoms with E-state index < -0.39 is 5.82 Å². The highest BCUT2D eigenvalue weighted by Crippen LogP contribution is 2.25. The minimum absolute atomic E-state index is 0.0821. The maximum atomic E-state index is 13.8. The highest BCUT2D eigenvalue weighted by molar-refractivity contribution is 5.90. The molecule has 2 aromatic carbocycles. The quantitative estimate of drug-likeness (QED) is 0.709. The van der Waals surface area contributed by atoms with E-state index in [1.807, 2.05) is 13.8 Å². The Hall–Kier alpha value is -3.22. The van der Waals surface area contributed by atoms with Gasteiger partial charge in [0.25, 0.3) is 5.89 Å². The number of hydrogen-bond donors (Lipinski definition) is 2. The number of rotatable bonds is 5. The van der Waals surface area contributed by atoms with E-state index in [9.17, 15) is 9.18 Å². The van der Waals surface area contributed by atoms with E-state index in [4.69, 9.17) is 4.52 Å². The van der Waals surface area contributed by atoms with Crippen LogP contribution in [-0.2, 0) is 0 Å². The topological polar surface area (TPSA) is 80.0 Å². The third-order valence-electron chi connectivity index (χ3n) is 3.90. The Bertz CT molecular complexity index is 910. The second kappa shape index (κ2) is 7.77. The molecule has 0 radical (unpaired) electrons. The van der Waals surface area contributed by atoms with Crippen molar-refractivity contribution < 1.29 is 13.7 Å². The normalized spacial score (nSPS) is 11.8. The number of amides is 2. The van der Waals surface area contributed by atoms with Gasteiger partial charge >= 0.3 is 6.03 Å². The zero-order chi connectivity index (χ0) is 18.5. The number of aromatic nitrogens is 2. The van der Waals surface area contributed by atoms with E-state index >= 15 is 0 Å². The Morgan fingerprint density at radius 3 is 2.81 bits per heavy atom. The minimum Gasteiger partial charge on any atom is -0.335 e. The third-order valence-corrected chi connectivity index (χ3v) is 3.90. The fourth-order valence-electron chi connectivity index (χ4n) is 2.31. The molecule has 0 spiro atoms. The predicted octanol–water partition coefficient (Wildman–Crippen LogP) is 4.46. The molecule has 26 heavy (non-hydrogen) atoms. The molecule has 1 aromatic heterocycles. The molecular weight excluding hydrogens is 335 g/mol. The monoisotopic (exact) mass is 354 g/mol. The highest BCUT2D eigenvalue weighted by atomic mass is 19.1. The Morgan fingerprint density at radius 1 is 1.23 bits per heavy atom. The summed E-state index contributed by atoms with van der Waals surface area (Å²) >= 11 is 0. The predicted molar refractivity (Wildman–Crippen MR) is 97.0 cm³/mol. The van der Waals surface area contributed by atoms with Gasteiger partial charge in [-0.1, -0.05) is 36.3 Å². The van der Waals surface area contributed by atoms with Gasteiger partial charge in [0.1, 0.15) is 5.82 Å². The SMILES string of the molecule is CCC(C)NC(=O)Nc1cccc(-c2noc(-c3ccccc3F)n2)c1. The zero-order valence-electron chi connectivity index (χ0n) is 14.5. The van der Waals surface area contributed by atoms with Gasteiger partial charge in [-0.3, -0.25) is 0 Å². The summed E-state index contributed by atoms with van der Waals surface area (Å²) in [5.74, 6) is -0.0138. The maximum Gasteiger partial charge on any atom is 0.319 e. The molecule has 3 aromatic rings. The molecule has 134 valence electrons. The number of anilines is 1. The van der Waals surface area contributed by atoms with Crippen molar-refractivity contribution in [2.24, 2.45) is 0 Å². The van der Waals surface area contributed by atoms with Gasteiger partial charge in [-0.25, -0.2) is 9.18 Å². The Labute approximate surface area is 150 Å². The molecule has 1 heterocycles. The average Bonchev–Trinajstić information content (AvgIpc) is 3.12. The number of carbonyl (C=O) groups excluding carboxylic acids is 1. The van der Waals surface area contributed by atoms with E-state index in [-0.39, 0.29) is 23.5 Å². The smallest absolute Gasteiger partial charge is 0.319 e. The van der Waals surface area contributed by atoms with Crippen LogP contribution in [0.5, 0.6) is 0 Å². The molecule has 3 rings (SSSR count). The summed E-state index contributed by atoms with van der Waals surface area (Å²) in [6.45, 7) is 3.93. The van der Waals surface area contributed by atoms with Crippen LogP contribution >= 0.6 is 0 Å². The van der Waals surface area contributed by atoms with Crippen molar-refractivity contribution in [3.8, 4) is 22.8 Å². The van der Waals surface area contributed by atoms with Crippen molar-refractivity contribution >= 4 is 11.7 Å². The summed E-state index contributed by atoms with van der Waals surface area (Å²) in [4.78, 5) is 16.2. The molecule has 6 nitrogen and oxygen atoms in total. The van der Waals surface area contributed by atoms with Crippen LogP contribution in [0.1, 0.15) is 20.3 Å². The molecule has 0 aliphatic carbocycles. The number of nitrogens with one attached hydrogen (secondary N) is 2. The lowest BCUT2D eigenvalue weighted by Gasteiger charge is -2.12. The lowest BCUT2D eigenvalue weighted by Crippen LogP contribution is -2.35. The minimum atomic E-state index is -0.431. The standard InChI is InChI=1S/C19H19FN4O2/c1-3-12(2)21-19(25)22-14-8-6-7-13(11-14)17-23-18(26-24-17)15-9-4-5-10-16(15)20/h4-12H,3H2,1-2H3,(H2,21,22,25). The van der Waals surface area contributed by atoms with Crippen molar-refractivity contribution in [1.82, 2.24) is 15.5 Å². The second-order valence-corrected chi connectivity index (χ2v) is 5.89. The highest BCUT2D eigenvalue weighted by Gasteiger charge is 2.14. The van der Waals surface area contributed by atoms with Gasteiger partial charge in [-0.15, -0.1) is 0 Å². The second-order valence-electron chi connectivity index (χ2n) is 5.89. The van der Waals surface area contributed by atoms with Gasteiger partial charge in [0, 0.05) is 17.3 Å². The van der Waals surface area contributed by atoms with Gasteiger partial charge in [-0.05, 0) is 37.6 Å². The first kappa shape index (κ1) is 17.6. The van der Waals surface area contributed by atoms with Gasteiger partial charge in [0.2, 0.25) is 5.82 Å². The number of halogens is 1. The summed E-state index contributed by atoms with van der Waals surface area (Å²) in [6, 6.07) is 13.0. The molecule has 7 heteroatoms. The van der Waals surface area contributed by atoms with Crippen molar-refractivity contribution in [2.75, 3.05) is 5.32 Å². The van der Waals surface area contributed by atoms with Crippen LogP contribution in [0.3, 0.4) is 0 Å². The van der Waals surface area contributed by atoms with Gasteiger partial charge in [-0.2, -0.15) is 4.98 Å².